The smallest absolute Gasteiger partial charge is 0.243 e. The van der Waals surface area contributed by atoms with Gasteiger partial charge >= 0.3 is 0 Å². The van der Waals surface area contributed by atoms with Crippen LogP contribution in [0.4, 0.5) is 0 Å². The number of nitrogens with two attached hydrogens (primary N) is 2. The van der Waals surface area contributed by atoms with Gasteiger partial charge in [-0.3, -0.25) is 19.2 Å². The first-order chi connectivity index (χ1) is 14.2. The molecule has 0 unspecified atom stereocenters. The molecule has 0 radical (unpaired) electrons. The highest BCUT2D eigenvalue weighted by molar-refractivity contribution is 5.93. The van der Waals surface area contributed by atoms with Crippen molar-refractivity contribution in [2.75, 3.05) is 6.54 Å². The van der Waals surface area contributed by atoms with E-state index in [1.807, 2.05) is 34.6 Å². The van der Waals surface area contributed by atoms with Gasteiger partial charge < -0.3 is 32.2 Å². The number of nitrogens with one attached hydrogen (secondary N) is 3. The molecule has 0 aromatic heterocycles. The summed E-state index contributed by atoms with van der Waals surface area (Å²) in [5.74, 6) is -2.26. The van der Waals surface area contributed by atoms with E-state index >= 15 is 0 Å². The fourth-order valence-electron chi connectivity index (χ4n) is 3.49. The van der Waals surface area contributed by atoms with Crippen molar-refractivity contribution in [1.29, 1.82) is 0 Å². The molecule has 5 atom stereocenters. The van der Waals surface area contributed by atoms with Gasteiger partial charge in [-0.1, -0.05) is 13.8 Å². The van der Waals surface area contributed by atoms with Crippen molar-refractivity contribution in [3.8, 4) is 0 Å². The quantitative estimate of drug-likeness (QED) is 0.291. The van der Waals surface area contributed by atoms with Gasteiger partial charge in [-0.05, 0) is 52.9 Å². The van der Waals surface area contributed by atoms with Gasteiger partial charge in [-0.15, -0.1) is 0 Å². The highest BCUT2D eigenvalue weighted by Gasteiger charge is 2.33. The van der Waals surface area contributed by atoms with E-state index in [4.69, 9.17) is 16.2 Å². The van der Waals surface area contributed by atoms with Crippen LogP contribution in [0.5, 0.6) is 0 Å². The number of hydrogen-bond donors (Lipinski definition) is 5. The van der Waals surface area contributed by atoms with Crippen LogP contribution in [0.1, 0.15) is 60.8 Å². The molecule has 1 rings (SSSR count). The Morgan fingerprint density at radius 2 is 1.71 bits per heavy atom. The topological polar surface area (TPSA) is 166 Å². The third-order valence-corrected chi connectivity index (χ3v) is 5.03. The van der Waals surface area contributed by atoms with Crippen molar-refractivity contribution in [2.24, 2.45) is 23.3 Å². The maximum atomic E-state index is 12.9. The Labute approximate surface area is 184 Å². The van der Waals surface area contributed by atoms with E-state index in [1.54, 1.807) is 6.92 Å². The lowest BCUT2D eigenvalue weighted by Gasteiger charge is -2.30. The van der Waals surface area contributed by atoms with Crippen LogP contribution < -0.4 is 27.4 Å². The van der Waals surface area contributed by atoms with Gasteiger partial charge in [-0.2, -0.15) is 0 Å². The van der Waals surface area contributed by atoms with Gasteiger partial charge in [0.25, 0.3) is 0 Å². The Balaban J connectivity index is 2.83. The summed E-state index contributed by atoms with van der Waals surface area (Å²) in [6.07, 6.45) is 0.465. The van der Waals surface area contributed by atoms with Gasteiger partial charge in [0.05, 0.1) is 11.7 Å². The number of carbonyl (C=O) groups is 4. The van der Waals surface area contributed by atoms with Crippen molar-refractivity contribution >= 4 is 23.6 Å². The molecule has 1 fully saturated rings. The van der Waals surface area contributed by atoms with Crippen LogP contribution in [0.2, 0.25) is 0 Å². The number of carbonyl (C=O) groups excluding carboxylic acids is 4. The molecule has 0 aliphatic carbocycles. The van der Waals surface area contributed by atoms with Crippen LogP contribution in [0.3, 0.4) is 0 Å². The van der Waals surface area contributed by atoms with E-state index in [0.29, 0.717) is 19.4 Å². The van der Waals surface area contributed by atoms with Gasteiger partial charge in [0.1, 0.15) is 18.1 Å². The molecule has 10 nitrogen and oxygen atoms in total. The Morgan fingerprint density at radius 1 is 1.13 bits per heavy atom. The molecule has 0 saturated carbocycles. The largest absolute Gasteiger partial charge is 0.371 e. The fraction of sp³-hybridized carbons (Fsp3) is 0.810. The van der Waals surface area contributed by atoms with Crippen LogP contribution >= 0.6 is 0 Å². The lowest BCUT2D eigenvalue weighted by atomic mass is 9.97. The molecular weight excluding hydrogens is 402 g/mol. The molecule has 0 aromatic carbocycles. The molecule has 31 heavy (non-hydrogen) atoms. The van der Waals surface area contributed by atoms with E-state index in [2.05, 4.69) is 16.0 Å². The van der Waals surface area contributed by atoms with Crippen molar-refractivity contribution in [3.63, 3.8) is 0 Å². The normalized spacial score (nSPS) is 20.5. The number of primary amides is 1. The second kappa shape index (κ2) is 11.4. The molecule has 1 aliphatic rings. The first-order valence-corrected chi connectivity index (χ1v) is 10.8. The Hall–Kier alpha value is -2.20. The predicted octanol–water partition coefficient (Wildman–Crippen LogP) is -0.455. The summed E-state index contributed by atoms with van der Waals surface area (Å²) in [6.45, 7) is 11.6. The zero-order valence-electron chi connectivity index (χ0n) is 19.5. The van der Waals surface area contributed by atoms with E-state index in [0.717, 1.165) is 0 Å². The molecule has 1 aliphatic heterocycles. The number of hydrogen-bond acceptors (Lipinski definition) is 6. The van der Waals surface area contributed by atoms with Gasteiger partial charge in [-0.25, -0.2) is 0 Å². The SMILES string of the molecule is CC(C)C[C@H](NC(=O)[C@@H](N)[C@@H](C)OC(C)(C)C)C(=O)N[C@@H](C[C@@H]1CCNC1=O)C(N)=O. The summed E-state index contributed by atoms with van der Waals surface area (Å²) >= 11 is 0. The number of ether oxygens (including phenoxy) is 1. The minimum atomic E-state index is -1.01. The Kier molecular flexibility index (Phi) is 9.89. The molecule has 178 valence electrons. The summed E-state index contributed by atoms with van der Waals surface area (Å²) in [5.41, 5.74) is 11.0. The molecular formula is C21H39N5O5. The Morgan fingerprint density at radius 3 is 2.16 bits per heavy atom. The molecule has 7 N–H and O–H groups in total. The molecule has 4 amide bonds. The van der Waals surface area contributed by atoms with Crippen molar-refractivity contribution in [2.45, 2.75) is 90.6 Å². The molecule has 1 heterocycles. The van der Waals surface area contributed by atoms with E-state index in [-0.39, 0.29) is 24.2 Å². The third-order valence-electron chi connectivity index (χ3n) is 5.03. The Bertz CT molecular complexity index is 661. The van der Waals surface area contributed by atoms with E-state index in [1.165, 1.54) is 0 Å². The second-order valence-corrected chi connectivity index (χ2v) is 9.63. The maximum Gasteiger partial charge on any atom is 0.243 e. The second-order valence-electron chi connectivity index (χ2n) is 9.63. The van der Waals surface area contributed by atoms with Crippen molar-refractivity contribution in [1.82, 2.24) is 16.0 Å². The van der Waals surface area contributed by atoms with E-state index < -0.39 is 47.6 Å². The van der Waals surface area contributed by atoms with Crippen LogP contribution in [0.25, 0.3) is 0 Å². The first-order valence-electron chi connectivity index (χ1n) is 10.8. The monoisotopic (exact) mass is 441 g/mol. The summed E-state index contributed by atoms with van der Waals surface area (Å²) in [7, 11) is 0. The standard InChI is InChI=1S/C21H39N5O5/c1-11(2)9-15(26-20(30)16(22)12(3)31-21(4,5)6)19(29)25-14(17(23)27)10-13-7-8-24-18(13)28/h11-16H,7-10,22H2,1-6H3,(H2,23,27)(H,24,28)(H,25,29)(H,26,30)/t12-,13+,14+,15+,16+/m1/s1. The average Bonchev–Trinajstić information content (AvgIpc) is 3.02. The van der Waals surface area contributed by atoms with E-state index in [9.17, 15) is 19.2 Å². The highest BCUT2D eigenvalue weighted by Crippen LogP contribution is 2.17. The minimum Gasteiger partial charge on any atom is -0.371 e. The summed E-state index contributed by atoms with van der Waals surface area (Å²) < 4.78 is 5.74. The summed E-state index contributed by atoms with van der Waals surface area (Å²) in [6, 6.07) is -2.89. The van der Waals surface area contributed by atoms with Gasteiger partial charge in [0.2, 0.25) is 23.6 Å². The van der Waals surface area contributed by atoms with Gasteiger partial charge in [0.15, 0.2) is 0 Å². The third kappa shape index (κ3) is 9.22. The van der Waals surface area contributed by atoms with Crippen LogP contribution in [-0.2, 0) is 23.9 Å². The number of rotatable bonds is 11. The molecule has 0 bridgehead atoms. The van der Waals surface area contributed by atoms with Crippen molar-refractivity contribution < 1.29 is 23.9 Å². The lowest BCUT2D eigenvalue weighted by molar-refractivity contribution is -0.135. The zero-order valence-corrected chi connectivity index (χ0v) is 19.5. The van der Waals surface area contributed by atoms with Crippen molar-refractivity contribution in [3.05, 3.63) is 0 Å². The molecule has 1 saturated heterocycles. The minimum absolute atomic E-state index is 0.0863. The van der Waals surface area contributed by atoms with Gasteiger partial charge in [0, 0.05) is 12.5 Å². The maximum absolute atomic E-state index is 12.9. The molecule has 10 heteroatoms. The first kappa shape index (κ1) is 26.8. The van der Waals surface area contributed by atoms with Crippen LogP contribution in [0.15, 0.2) is 0 Å². The molecule has 0 aromatic rings. The summed E-state index contributed by atoms with van der Waals surface area (Å²) in [4.78, 5) is 49.3. The molecule has 0 spiro atoms. The summed E-state index contributed by atoms with van der Waals surface area (Å²) in [5, 5.41) is 7.97. The average molecular weight is 442 g/mol. The van der Waals surface area contributed by atoms with Crippen LogP contribution in [0, 0.1) is 11.8 Å². The lowest BCUT2D eigenvalue weighted by Crippen LogP contribution is -2.58. The number of amides is 4. The van der Waals surface area contributed by atoms with Crippen LogP contribution in [-0.4, -0.2) is 60.0 Å². The highest BCUT2D eigenvalue weighted by atomic mass is 16.5. The predicted molar refractivity (Wildman–Crippen MR) is 117 cm³/mol. The zero-order chi connectivity index (χ0) is 23.9. The fourth-order valence-corrected chi connectivity index (χ4v) is 3.49.